The highest BCUT2D eigenvalue weighted by molar-refractivity contribution is 8.00. The third kappa shape index (κ3) is 4.47. The second-order valence-electron chi connectivity index (χ2n) is 7.65. The SMILES string of the molecule is O=C1CCCC[C@@H]1Sc1nc2ccccc2c(=O)n1CCC[NH+]1CCOCC1. The van der Waals surface area contributed by atoms with Crippen LogP contribution in [-0.4, -0.2) is 53.4 Å². The molecule has 1 aromatic heterocycles. The van der Waals surface area contributed by atoms with Gasteiger partial charge in [-0.15, -0.1) is 0 Å². The molecule has 2 fully saturated rings. The Kier molecular flexibility index (Phi) is 6.44. The fourth-order valence-electron chi connectivity index (χ4n) is 4.03. The summed E-state index contributed by atoms with van der Waals surface area (Å²) in [5.41, 5.74) is 0.724. The molecule has 0 bridgehead atoms. The van der Waals surface area contributed by atoms with Gasteiger partial charge in [0, 0.05) is 19.4 Å². The second kappa shape index (κ2) is 9.20. The number of para-hydroxylation sites is 1. The molecular weight excluding hydrogens is 374 g/mol. The Morgan fingerprint density at radius 1 is 1.18 bits per heavy atom. The van der Waals surface area contributed by atoms with Crippen molar-refractivity contribution in [3.05, 3.63) is 34.6 Å². The number of nitrogens with zero attached hydrogens (tertiary/aromatic N) is 2. The van der Waals surface area contributed by atoms with Gasteiger partial charge >= 0.3 is 0 Å². The zero-order valence-electron chi connectivity index (χ0n) is 16.2. The molecule has 2 aliphatic rings. The standard InChI is InChI=1S/C21H27N3O3S/c25-18-8-3-4-9-19(18)28-21-22-17-7-2-1-6-16(17)20(26)24(21)11-5-10-23-12-14-27-15-13-23/h1-2,6-7,19H,3-5,8-15H2/p+1/t19-/m0/s1. The second-order valence-corrected chi connectivity index (χ2v) is 8.82. The average Bonchev–Trinajstić information content (AvgIpc) is 2.73. The third-order valence-corrected chi connectivity index (χ3v) is 6.99. The maximum absolute atomic E-state index is 13.2. The van der Waals surface area contributed by atoms with Crippen molar-refractivity contribution in [3.63, 3.8) is 0 Å². The number of thioether (sulfide) groups is 1. The van der Waals surface area contributed by atoms with Crippen LogP contribution in [0.4, 0.5) is 0 Å². The van der Waals surface area contributed by atoms with Gasteiger partial charge in [0.25, 0.3) is 5.56 Å². The molecule has 7 heteroatoms. The van der Waals surface area contributed by atoms with Crippen LogP contribution in [0.15, 0.2) is 34.2 Å². The molecular formula is C21H28N3O3S+. The summed E-state index contributed by atoms with van der Waals surface area (Å²) in [7, 11) is 0. The van der Waals surface area contributed by atoms with Crippen molar-refractivity contribution in [2.75, 3.05) is 32.8 Å². The van der Waals surface area contributed by atoms with E-state index < -0.39 is 0 Å². The van der Waals surface area contributed by atoms with E-state index in [2.05, 4.69) is 0 Å². The molecule has 2 heterocycles. The van der Waals surface area contributed by atoms with E-state index in [1.807, 2.05) is 24.3 Å². The summed E-state index contributed by atoms with van der Waals surface area (Å²) in [6.45, 7) is 5.36. The number of fused-ring (bicyclic) bond motifs is 1. The van der Waals surface area contributed by atoms with Gasteiger partial charge < -0.3 is 9.64 Å². The topological polar surface area (TPSA) is 65.6 Å². The molecule has 1 aliphatic carbocycles. The number of hydrogen-bond donors (Lipinski definition) is 1. The van der Waals surface area contributed by atoms with Gasteiger partial charge in [-0.05, 0) is 25.0 Å². The Balaban J connectivity index is 1.57. The van der Waals surface area contributed by atoms with Gasteiger partial charge in [0.1, 0.15) is 18.9 Å². The van der Waals surface area contributed by atoms with E-state index in [0.717, 1.165) is 58.5 Å². The summed E-state index contributed by atoms with van der Waals surface area (Å²) < 4.78 is 7.22. The number of rotatable bonds is 6. The number of nitrogens with one attached hydrogen (secondary N) is 1. The summed E-state index contributed by atoms with van der Waals surface area (Å²) in [4.78, 5) is 31.8. The summed E-state index contributed by atoms with van der Waals surface area (Å²) in [6, 6.07) is 7.51. The van der Waals surface area contributed by atoms with Crippen molar-refractivity contribution < 1.29 is 14.4 Å². The molecule has 6 nitrogen and oxygen atoms in total. The van der Waals surface area contributed by atoms with Crippen LogP contribution in [0.2, 0.25) is 0 Å². The zero-order valence-corrected chi connectivity index (χ0v) is 17.0. The highest BCUT2D eigenvalue weighted by Gasteiger charge is 2.26. The number of Topliss-reactive ketones (excluding diaryl/α,β-unsaturated/α-hetero) is 1. The largest absolute Gasteiger partial charge is 0.370 e. The van der Waals surface area contributed by atoms with Crippen molar-refractivity contribution in [1.29, 1.82) is 0 Å². The van der Waals surface area contributed by atoms with E-state index in [0.29, 0.717) is 34.8 Å². The number of ether oxygens (including phenoxy) is 1. The lowest BCUT2D eigenvalue weighted by Crippen LogP contribution is -3.14. The van der Waals surface area contributed by atoms with E-state index in [1.54, 1.807) is 4.57 Å². The van der Waals surface area contributed by atoms with Gasteiger partial charge in [-0.2, -0.15) is 0 Å². The van der Waals surface area contributed by atoms with Crippen LogP contribution >= 0.6 is 11.8 Å². The van der Waals surface area contributed by atoms with Gasteiger partial charge in [-0.1, -0.05) is 30.3 Å². The van der Waals surface area contributed by atoms with Crippen molar-refractivity contribution in [1.82, 2.24) is 9.55 Å². The molecule has 0 spiro atoms. The minimum absolute atomic E-state index is 0.00772. The van der Waals surface area contributed by atoms with Crippen molar-refractivity contribution in [2.24, 2.45) is 0 Å². The summed E-state index contributed by atoms with van der Waals surface area (Å²) in [6.07, 6.45) is 4.50. The number of morpholine rings is 1. The van der Waals surface area contributed by atoms with Gasteiger partial charge in [0.2, 0.25) is 0 Å². The zero-order chi connectivity index (χ0) is 19.3. The number of carbonyl (C=O) groups excluding carboxylic acids is 1. The first-order valence-electron chi connectivity index (χ1n) is 10.3. The maximum Gasteiger partial charge on any atom is 0.262 e. The van der Waals surface area contributed by atoms with Crippen LogP contribution in [0.3, 0.4) is 0 Å². The van der Waals surface area contributed by atoms with E-state index in [1.165, 1.54) is 16.7 Å². The van der Waals surface area contributed by atoms with Gasteiger partial charge in [-0.25, -0.2) is 4.98 Å². The van der Waals surface area contributed by atoms with Crippen LogP contribution in [0, 0.1) is 0 Å². The minimum Gasteiger partial charge on any atom is -0.370 e. The van der Waals surface area contributed by atoms with Crippen LogP contribution in [0.5, 0.6) is 0 Å². The number of aromatic nitrogens is 2. The molecule has 0 radical (unpaired) electrons. The van der Waals surface area contributed by atoms with Gasteiger partial charge in [-0.3, -0.25) is 14.2 Å². The number of benzene rings is 1. The molecule has 1 atom stereocenters. The molecule has 150 valence electrons. The Morgan fingerprint density at radius 3 is 2.82 bits per heavy atom. The Labute approximate surface area is 169 Å². The van der Waals surface area contributed by atoms with Crippen molar-refractivity contribution in [2.45, 2.75) is 49.1 Å². The summed E-state index contributed by atoms with van der Waals surface area (Å²) in [5, 5.41) is 1.28. The average molecular weight is 403 g/mol. The predicted octanol–water partition coefficient (Wildman–Crippen LogP) is 1.31. The first-order chi connectivity index (χ1) is 13.7. The number of hydrogen-bond acceptors (Lipinski definition) is 5. The molecule has 1 N–H and O–H groups in total. The van der Waals surface area contributed by atoms with Crippen LogP contribution in [-0.2, 0) is 16.1 Å². The van der Waals surface area contributed by atoms with E-state index in [-0.39, 0.29) is 10.8 Å². The summed E-state index contributed by atoms with van der Waals surface area (Å²) in [5.74, 6) is 0.294. The number of quaternary nitrogens is 1. The molecule has 0 unspecified atom stereocenters. The molecule has 1 saturated heterocycles. The van der Waals surface area contributed by atoms with Gasteiger partial charge in [0.05, 0.1) is 35.9 Å². The highest BCUT2D eigenvalue weighted by Crippen LogP contribution is 2.31. The monoisotopic (exact) mass is 402 g/mol. The first kappa shape index (κ1) is 19.6. The smallest absolute Gasteiger partial charge is 0.262 e. The lowest BCUT2D eigenvalue weighted by Gasteiger charge is -2.24. The normalized spacial score (nSPS) is 21.3. The van der Waals surface area contributed by atoms with E-state index in [4.69, 9.17) is 9.72 Å². The highest BCUT2D eigenvalue weighted by atomic mass is 32.2. The van der Waals surface area contributed by atoms with E-state index >= 15 is 0 Å². The Bertz CT molecular complexity index is 892. The molecule has 1 aromatic carbocycles. The fraction of sp³-hybridized carbons (Fsp3) is 0.571. The lowest BCUT2D eigenvalue weighted by atomic mass is 9.99. The minimum atomic E-state index is -0.0714. The maximum atomic E-state index is 13.2. The molecule has 0 amide bonds. The first-order valence-corrected chi connectivity index (χ1v) is 11.2. The quantitative estimate of drug-likeness (QED) is 0.738. The van der Waals surface area contributed by atoms with Gasteiger partial charge in [0.15, 0.2) is 5.16 Å². The molecule has 28 heavy (non-hydrogen) atoms. The third-order valence-electron chi connectivity index (χ3n) is 5.68. The fourth-order valence-corrected chi connectivity index (χ4v) is 5.28. The van der Waals surface area contributed by atoms with E-state index in [9.17, 15) is 9.59 Å². The summed E-state index contributed by atoms with van der Waals surface area (Å²) >= 11 is 1.49. The molecule has 4 rings (SSSR count). The Hall–Kier alpha value is -1.70. The predicted molar refractivity (Wildman–Crippen MR) is 110 cm³/mol. The number of carbonyl (C=O) groups is 1. The van der Waals surface area contributed by atoms with Crippen molar-refractivity contribution >= 4 is 28.4 Å². The Morgan fingerprint density at radius 2 is 2.00 bits per heavy atom. The van der Waals surface area contributed by atoms with Crippen LogP contribution in [0.25, 0.3) is 10.9 Å². The molecule has 1 aliphatic heterocycles. The lowest BCUT2D eigenvalue weighted by molar-refractivity contribution is -0.908. The molecule has 2 aromatic rings. The molecule has 1 saturated carbocycles. The van der Waals surface area contributed by atoms with Crippen molar-refractivity contribution in [3.8, 4) is 0 Å². The van der Waals surface area contributed by atoms with Crippen LogP contribution < -0.4 is 10.5 Å². The number of ketones is 1. The van der Waals surface area contributed by atoms with Crippen LogP contribution in [0.1, 0.15) is 32.1 Å².